The number of alkyl halides is 1. The van der Waals surface area contributed by atoms with E-state index in [1.165, 1.54) is 0 Å². The number of piperazine rings is 1. The molecule has 1 aromatic carbocycles. The fraction of sp³-hybridized carbons (Fsp3) is 0.500. The van der Waals surface area contributed by atoms with Crippen molar-refractivity contribution in [3.05, 3.63) is 29.3 Å². The highest BCUT2D eigenvalue weighted by Gasteiger charge is 2.18. The summed E-state index contributed by atoms with van der Waals surface area (Å²) in [5.74, 6) is 0.677. The van der Waals surface area contributed by atoms with Gasteiger partial charge in [-0.05, 0) is 30.7 Å². The smallest absolute Gasteiger partial charge is 0.253 e. The summed E-state index contributed by atoms with van der Waals surface area (Å²) in [5.41, 5.74) is 1.52. The van der Waals surface area contributed by atoms with E-state index in [0.29, 0.717) is 11.3 Å². The van der Waals surface area contributed by atoms with Gasteiger partial charge in [0.05, 0.1) is 0 Å². The normalized spacial score (nSPS) is 15.4. The molecular formula is C14H19FN2O2. The maximum atomic E-state index is 12.3. The van der Waals surface area contributed by atoms with Gasteiger partial charge in [-0.3, -0.25) is 4.79 Å². The van der Waals surface area contributed by atoms with Crippen LogP contribution in [0, 0.1) is 6.92 Å². The monoisotopic (exact) mass is 266 g/mol. The number of halogens is 1. The van der Waals surface area contributed by atoms with Crippen molar-refractivity contribution < 1.29 is 13.9 Å². The van der Waals surface area contributed by atoms with E-state index >= 15 is 0 Å². The van der Waals surface area contributed by atoms with Crippen LogP contribution >= 0.6 is 0 Å². The van der Waals surface area contributed by atoms with Crippen LogP contribution in [0.2, 0.25) is 0 Å². The summed E-state index contributed by atoms with van der Waals surface area (Å²) in [6.07, 6.45) is 0. The summed E-state index contributed by atoms with van der Waals surface area (Å²) in [6, 6.07) is 5.28. The number of amides is 1. The minimum Gasteiger partial charge on any atom is -0.491 e. The van der Waals surface area contributed by atoms with Gasteiger partial charge in [0, 0.05) is 31.7 Å². The first kappa shape index (κ1) is 13.8. The Morgan fingerprint density at radius 1 is 1.42 bits per heavy atom. The molecular weight excluding hydrogens is 247 g/mol. The molecule has 0 spiro atoms. The quantitative estimate of drug-likeness (QED) is 0.895. The average Bonchev–Trinajstić information content (AvgIpc) is 2.46. The summed E-state index contributed by atoms with van der Waals surface area (Å²) >= 11 is 0. The van der Waals surface area contributed by atoms with Gasteiger partial charge in [-0.25, -0.2) is 4.39 Å². The van der Waals surface area contributed by atoms with Gasteiger partial charge >= 0.3 is 0 Å². The van der Waals surface area contributed by atoms with Crippen molar-refractivity contribution >= 4 is 5.91 Å². The Balaban J connectivity index is 2.07. The van der Waals surface area contributed by atoms with Crippen LogP contribution in [-0.2, 0) is 0 Å². The van der Waals surface area contributed by atoms with Crippen LogP contribution in [0.25, 0.3) is 0 Å². The molecule has 0 aliphatic carbocycles. The van der Waals surface area contributed by atoms with Crippen LogP contribution in [0.3, 0.4) is 0 Å². The number of carbonyl (C=O) groups is 1. The maximum Gasteiger partial charge on any atom is 0.253 e. The third-order valence-corrected chi connectivity index (χ3v) is 3.16. The van der Waals surface area contributed by atoms with Crippen LogP contribution < -0.4 is 10.1 Å². The molecule has 19 heavy (non-hydrogen) atoms. The molecule has 1 N–H and O–H groups in total. The number of ether oxygens (including phenoxy) is 1. The zero-order chi connectivity index (χ0) is 13.7. The van der Waals surface area contributed by atoms with Crippen LogP contribution in [0.4, 0.5) is 4.39 Å². The molecule has 1 aromatic rings. The van der Waals surface area contributed by atoms with E-state index in [4.69, 9.17) is 4.74 Å². The van der Waals surface area contributed by atoms with E-state index < -0.39 is 6.67 Å². The molecule has 4 nitrogen and oxygen atoms in total. The van der Waals surface area contributed by atoms with Gasteiger partial charge in [0.1, 0.15) is 19.0 Å². The minimum absolute atomic E-state index is 0.0432. The molecule has 104 valence electrons. The van der Waals surface area contributed by atoms with E-state index in [9.17, 15) is 9.18 Å². The molecule has 1 fully saturated rings. The Hall–Kier alpha value is -1.62. The molecule has 1 heterocycles. The van der Waals surface area contributed by atoms with E-state index in [2.05, 4.69) is 5.32 Å². The number of benzene rings is 1. The molecule has 2 rings (SSSR count). The summed E-state index contributed by atoms with van der Waals surface area (Å²) in [4.78, 5) is 14.1. The summed E-state index contributed by atoms with van der Waals surface area (Å²) in [7, 11) is 0. The van der Waals surface area contributed by atoms with Gasteiger partial charge in [-0.1, -0.05) is 0 Å². The maximum absolute atomic E-state index is 12.3. The zero-order valence-corrected chi connectivity index (χ0v) is 11.1. The number of rotatable bonds is 4. The molecule has 1 aliphatic rings. The fourth-order valence-corrected chi connectivity index (χ4v) is 2.14. The SMILES string of the molecule is Cc1cc(C(=O)N2CCNCC2)ccc1OCCF. The van der Waals surface area contributed by atoms with Crippen LogP contribution in [0.15, 0.2) is 18.2 Å². The first-order valence-corrected chi connectivity index (χ1v) is 6.52. The molecule has 0 aromatic heterocycles. The van der Waals surface area contributed by atoms with Crippen molar-refractivity contribution in [3.8, 4) is 5.75 Å². The molecule has 0 atom stereocenters. The number of nitrogens with one attached hydrogen (secondary N) is 1. The molecule has 0 bridgehead atoms. The Kier molecular flexibility index (Phi) is 4.74. The summed E-state index contributed by atoms with van der Waals surface area (Å²) < 4.78 is 17.3. The van der Waals surface area contributed by atoms with Gasteiger partial charge in [0.25, 0.3) is 5.91 Å². The Morgan fingerprint density at radius 3 is 2.79 bits per heavy atom. The zero-order valence-electron chi connectivity index (χ0n) is 11.1. The van der Waals surface area contributed by atoms with Crippen LogP contribution in [0.5, 0.6) is 5.75 Å². The van der Waals surface area contributed by atoms with Gasteiger partial charge in [0.2, 0.25) is 0 Å². The van der Waals surface area contributed by atoms with Crippen molar-refractivity contribution in [2.24, 2.45) is 0 Å². The average molecular weight is 266 g/mol. The highest BCUT2D eigenvalue weighted by molar-refractivity contribution is 5.94. The third-order valence-electron chi connectivity index (χ3n) is 3.16. The summed E-state index contributed by atoms with van der Waals surface area (Å²) in [6.45, 7) is 4.54. The molecule has 0 radical (unpaired) electrons. The number of nitrogens with zero attached hydrogens (tertiary/aromatic N) is 1. The Morgan fingerprint density at radius 2 is 2.16 bits per heavy atom. The highest BCUT2D eigenvalue weighted by Crippen LogP contribution is 2.20. The lowest BCUT2D eigenvalue weighted by Gasteiger charge is -2.27. The first-order chi connectivity index (χ1) is 9.22. The number of carbonyl (C=O) groups excluding carboxylic acids is 1. The van der Waals surface area contributed by atoms with Gasteiger partial charge in [-0.15, -0.1) is 0 Å². The third kappa shape index (κ3) is 3.44. The fourth-order valence-electron chi connectivity index (χ4n) is 2.14. The lowest BCUT2D eigenvalue weighted by molar-refractivity contribution is 0.0735. The molecule has 5 heteroatoms. The second-order valence-corrected chi connectivity index (χ2v) is 4.56. The highest BCUT2D eigenvalue weighted by atomic mass is 19.1. The largest absolute Gasteiger partial charge is 0.491 e. The standard InChI is InChI=1S/C14H19FN2O2/c1-11-10-12(2-3-13(11)19-9-4-15)14(18)17-7-5-16-6-8-17/h2-3,10,16H,4-9H2,1H3. The van der Waals surface area contributed by atoms with Gasteiger partial charge in [-0.2, -0.15) is 0 Å². The molecule has 1 aliphatic heterocycles. The topological polar surface area (TPSA) is 41.6 Å². The number of hydrogen-bond donors (Lipinski definition) is 1. The molecule has 1 saturated heterocycles. The Labute approximate surface area is 112 Å². The van der Waals surface area contributed by atoms with Crippen molar-refractivity contribution in [2.75, 3.05) is 39.5 Å². The van der Waals surface area contributed by atoms with Crippen molar-refractivity contribution in [2.45, 2.75) is 6.92 Å². The van der Waals surface area contributed by atoms with E-state index in [-0.39, 0.29) is 12.5 Å². The van der Waals surface area contributed by atoms with Crippen molar-refractivity contribution in [1.29, 1.82) is 0 Å². The van der Waals surface area contributed by atoms with Crippen molar-refractivity contribution in [1.82, 2.24) is 10.2 Å². The Bertz CT molecular complexity index is 445. The summed E-state index contributed by atoms with van der Waals surface area (Å²) in [5, 5.41) is 3.22. The first-order valence-electron chi connectivity index (χ1n) is 6.52. The molecule has 0 unspecified atom stereocenters. The minimum atomic E-state index is -0.513. The van der Waals surface area contributed by atoms with Gasteiger partial charge in [0.15, 0.2) is 0 Å². The molecule has 1 amide bonds. The van der Waals surface area contributed by atoms with Gasteiger partial charge < -0.3 is 15.0 Å². The van der Waals surface area contributed by atoms with Crippen LogP contribution in [0.1, 0.15) is 15.9 Å². The number of aryl methyl sites for hydroxylation is 1. The van der Waals surface area contributed by atoms with E-state index in [0.717, 1.165) is 31.7 Å². The second-order valence-electron chi connectivity index (χ2n) is 4.56. The lowest BCUT2D eigenvalue weighted by atomic mass is 10.1. The molecule has 0 saturated carbocycles. The van der Waals surface area contributed by atoms with Crippen molar-refractivity contribution in [3.63, 3.8) is 0 Å². The lowest BCUT2D eigenvalue weighted by Crippen LogP contribution is -2.46. The van der Waals surface area contributed by atoms with E-state index in [1.54, 1.807) is 18.2 Å². The predicted octanol–water partition coefficient (Wildman–Crippen LogP) is 1.39. The predicted molar refractivity (Wildman–Crippen MR) is 71.4 cm³/mol. The number of hydrogen-bond acceptors (Lipinski definition) is 3. The van der Waals surface area contributed by atoms with E-state index in [1.807, 2.05) is 11.8 Å². The second kappa shape index (κ2) is 6.52. The van der Waals surface area contributed by atoms with Crippen LogP contribution in [-0.4, -0.2) is 50.3 Å².